The second-order valence-corrected chi connectivity index (χ2v) is 10.3. The molecule has 0 fully saturated rings. The number of quaternary nitrogens is 1. The average molecular weight is 499 g/mol. The van der Waals surface area contributed by atoms with Gasteiger partial charge in [0.2, 0.25) is 0 Å². The number of phosphoric acid groups is 1. The smallest absolute Gasteiger partial charge is 0.462 e. The molecule has 196 valence electrons. The van der Waals surface area contributed by atoms with Gasteiger partial charge in [-0.15, -0.1) is 0 Å². The fourth-order valence-electron chi connectivity index (χ4n) is 2.70. The van der Waals surface area contributed by atoms with Crippen molar-refractivity contribution < 1.29 is 47.2 Å². The molecular formula is C22H45NO9P+. The molecule has 0 bridgehead atoms. The summed E-state index contributed by atoms with van der Waals surface area (Å²) < 4.78 is 32.8. The summed E-state index contributed by atoms with van der Waals surface area (Å²) in [7, 11) is -0.942. The van der Waals surface area contributed by atoms with E-state index in [9.17, 15) is 24.2 Å². The zero-order chi connectivity index (χ0) is 25.2. The van der Waals surface area contributed by atoms with Gasteiger partial charge in [0, 0.05) is 12.8 Å². The van der Waals surface area contributed by atoms with Gasteiger partial charge in [0.25, 0.3) is 0 Å². The van der Waals surface area contributed by atoms with Gasteiger partial charge in [-0.3, -0.25) is 18.6 Å². The lowest BCUT2D eigenvalue weighted by atomic mass is 10.1. The third-order valence-corrected chi connectivity index (χ3v) is 5.94. The minimum atomic E-state index is -4.41. The molecule has 1 unspecified atom stereocenters. The highest BCUT2D eigenvalue weighted by atomic mass is 31.2. The van der Waals surface area contributed by atoms with Gasteiger partial charge in [-0.05, 0) is 12.8 Å². The minimum Gasteiger partial charge on any atom is -0.462 e. The van der Waals surface area contributed by atoms with Gasteiger partial charge in [-0.25, -0.2) is 4.57 Å². The van der Waals surface area contributed by atoms with E-state index in [1.165, 1.54) is 0 Å². The molecule has 0 aromatic rings. The number of carbonyl (C=O) groups is 2. The van der Waals surface area contributed by atoms with Gasteiger partial charge in [-0.1, -0.05) is 52.4 Å². The van der Waals surface area contributed by atoms with E-state index in [4.69, 9.17) is 18.5 Å². The molecule has 0 aliphatic heterocycles. The zero-order valence-corrected chi connectivity index (χ0v) is 21.7. The van der Waals surface area contributed by atoms with Crippen molar-refractivity contribution in [2.24, 2.45) is 0 Å². The summed E-state index contributed by atoms with van der Waals surface area (Å²) in [5, 5.41) is 9.22. The van der Waals surface area contributed by atoms with Gasteiger partial charge in [-0.2, -0.15) is 0 Å². The number of hydrogen-bond acceptors (Lipinski definition) is 8. The number of aliphatic hydroxyl groups is 1. The fraction of sp³-hybridized carbons (Fsp3) is 0.909. The van der Waals surface area contributed by atoms with Crippen molar-refractivity contribution >= 4 is 19.8 Å². The molecule has 0 saturated carbocycles. The van der Waals surface area contributed by atoms with Gasteiger partial charge >= 0.3 is 19.8 Å². The van der Waals surface area contributed by atoms with Crippen LogP contribution in [0.5, 0.6) is 0 Å². The second-order valence-electron chi connectivity index (χ2n) is 8.81. The lowest BCUT2D eigenvalue weighted by Gasteiger charge is -2.27. The summed E-state index contributed by atoms with van der Waals surface area (Å²) in [5.41, 5.74) is 0. The molecule has 0 heterocycles. The summed E-state index contributed by atoms with van der Waals surface area (Å²) in [4.78, 5) is 34.0. The summed E-state index contributed by atoms with van der Waals surface area (Å²) in [6.07, 6.45) is 6.93. The van der Waals surface area contributed by atoms with Crippen LogP contribution in [0.4, 0.5) is 0 Å². The van der Waals surface area contributed by atoms with Crippen LogP contribution in [0.2, 0.25) is 0 Å². The van der Waals surface area contributed by atoms with Crippen LogP contribution in [0.3, 0.4) is 0 Å². The SMILES string of the molecule is CCCCCCCC(=O)OC[C@@H](COP(=O)(O)OCC[N+](C)(C)CO)OC(=O)CCCCC. The molecule has 0 aromatic heterocycles. The fourth-order valence-corrected chi connectivity index (χ4v) is 3.44. The summed E-state index contributed by atoms with van der Waals surface area (Å²) in [6.45, 7) is 3.44. The summed E-state index contributed by atoms with van der Waals surface area (Å²) in [5.74, 6) is -0.894. The Labute approximate surface area is 198 Å². The number of aliphatic hydroxyl groups excluding tert-OH is 1. The monoisotopic (exact) mass is 498 g/mol. The van der Waals surface area contributed by atoms with E-state index < -0.39 is 32.5 Å². The van der Waals surface area contributed by atoms with Crippen molar-refractivity contribution in [1.29, 1.82) is 0 Å². The minimum absolute atomic E-state index is 0.115. The van der Waals surface area contributed by atoms with Gasteiger partial charge < -0.3 is 24.0 Å². The number of carbonyl (C=O) groups excluding carboxylic acids is 2. The molecule has 0 aromatic carbocycles. The van der Waals surface area contributed by atoms with Crippen LogP contribution in [-0.2, 0) is 32.7 Å². The number of likely N-dealkylation sites (N-methyl/N-ethyl adjacent to an activating group) is 1. The van der Waals surface area contributed by atoms with E-state index in [1.807, 2.05) is 6.92 Å². The van der Waals surface area contributed by atoms with E-state index in [0.717, 1.165) is 44.9 Å². The van der Waals surface area contributed by atoms with Crippen LogP contribution in [-0.4, -0.2) is 79.7 Å². The van der Waals surface area contributed by atoms with Crippen molar-refractivity contribution in [2.45, 2.75) is 84.2 Å². The molecule has 0 aliphatic rings. The molecule has 0 rings (SSSR count). The second kappa shape index (κ2) is 18.3. The van der Waals surface area contributed by atoms with E-state index in [0.29, 0.717) is 6.42 Å². The Morgan fingerprint density at radius 2 is 1.45 bits per heavy atom. The molecule has 0 amide bonds. The van der Waals surface area contributed by atoms with Crippen molar-refractivity contribution in [3.05, 3.63) is 0 Å². The predicted octanol–water partition coefficient (Wildman–Crippen LogP) is 3.54. The number of nitrogens with zero attached hydrogens (tertiary/aromatic N) is 1. The quantitative estimate of drug-likeness (QED) is 0.0802. The standard InChI is InChI=1S/C22H44NO9P/c1-5-7-9-10-12-13-21(25)29-17-20(32-22(26)14-11-8-6-2)18-31-33(27,28)30-16-15-23(3,4)19-24/h20,24H,5-19H2,1-4H3/p+1/t20-/m0/s1. The van der Waals surface area contributed by atoms with Gasteiger partial charge in [0.05, 0.1) is 20.7 Å². The molecule has 0 aliphatic carbocycles. The highest BCUT2D eigenvalue weighted by Gasteiger charge is 2.27. The first-order valence-corrected chi connectivity index (χ1v) is 13.4. The molecule has 0 radical (unpaired) electrons. The first-order chi connectivity index (χ1) is 15.5. The van der Waals surface area contributed by atoms with E-state index in [-0.39, 0.29) is 43.8 Å². The maximum atomic E-state index is 12.1. The maximum absolute atomic E-state index is 12.1. The van der Waals surface area contributed by atoms with Gasteiger partial charge in [0.1, 0.15) is 19.8 Å². The third kappa shape index (κ3) is 19.0. The number of hydrogen-bond donors (Lipinski definition) is 2. The topological polar surface area (TPSA) is 129 Å². The first kappa shape index (κ1) is 32.0. The van der Waals surface area contributed by atoms with Crippen LogP contribution in [0.25, 0.3) is 0 Å². The van der Waals surface area contributed by atoms with Crippen LogP contribution < -0.4 is 0 Å². The lowest BCUT2D eigenvalue weighted by Crippen LogP contribution is -2.42. The molecule has 11 heteroatoms. The van der Waals surface area contributed by atoms with Crippen molar-refractivity contribution in [2.75, 3.05) is 47.2 Å². The highest BCUT2D eigenvalue weighted by molar-refractivity contribution is 7.47. The molecule has 10 nitrogen and oxygen atoms in total. The largest absolute Gasteiger partial charge is 0.472 e. The summed E-state index contributed by atoms with van der Waals surface area (Å²) >= 11 is 0. The molecular weight excluding hydrogens is 453 g/mol. The number of esters is 2. The van der Waals surface area contributed by atoms with E-state index in [2.05, 4.69) is 6.92 Å². The predicted molar refractivity (Wildman–Crippen MR) is 124 cm³/mol. The van der Waals surface area contributed by atoms with E-state index >= 15 is 0 Å². The number of unbranched alkanes of at least 4 members (excludes halogenated alkanes) is 6. The zero-order valence-electron chi connectivity index (χ0n) is 20.8. The van der Waals surface area contributed by atoms with Crippen LogP contribution in [0.1, 0.15) is 78.1 Å². The summed E-state index contributed by atoms with van der Waals surface area (Å²) in [6, 6.07) is 0. The third-order valence-electron chi connectivity index (χ3n) is 4.95. The Morgan fingerprint density at radius 1 is 0.879 bits per heavy atom. The normalized spacial score (nSPS) is 14.5. The highest BCUT2D eigenvalue weighted by Crippen LogP contribution is 2.43. The lowest BCUT2D eigenvalue weighted by molar-refractivity contribution is -0.908. The van der Waals surface area contributed by atoms with E-state index in [1.54, 1.807) is 14.1 Å². The molecule has 33 heavy (non-hydrogen) atoms. The van der Waals surface area contributed by atoms with Crippen molar-refractivity contribution in [3.8, 4) is 0 Å². The van der Waals surface area contributed by atoms with Crippen LogP contribution in [0, 0.1) is 0 Å². The van der Waals surface area contributed by atoms with Crippen molar-refractivity contribution in [1.82, 2.24) is 0 Å². The molecule has 0 saturated heterocycles. The van der Waals surface area contributed by atoms with Crippen LogP contribution in [0.15, 0.2) is 0 Å². The Bertz CT molecular complexity index is 586. The molecule has 2 atom stereocenters. The molecule has 0 spiro atoms. The van der Waals surface area contributed by atoms with Crippen molar-refractivity contribution in [3.63, 3.8) is 0 Å². The number of phosphoric ester groups is 1. The Kier molecular flexibility index (Phi) is 17.7. The number of ether oxygens (including phenoxy) is 2. The maximum Gasteiger partial charge on any atom is 0.472 e. The average Bonchev–Trinajstić information content (AvgIpc) is 2.75. The Hall–Kier alpha value is -1.03. The Balaban J connectivity index is 4.63. The molecule has 2 N–H and O–H groups in total. The van der Waals surface area contributed by atoms with Crippen LogP contribution >= 0.6 is 7.82 Å². The number of rotatable bonds is 21. The van der Waals surface area contributed by atoms with Gasteiger partial charge in [0.15, 0.2) is 12.8 Å². The first-order valence-electron chi connectivity index (χ1n) is 11.9. The Morgan fingerprint density at radius 3 is 2.09 bits per heavy atom.